The number of nitrogens with one attached hydrogen (secondary N) is 2. The second kappa shape index (κ2) is 8.03. The highest BCUT2D eigenvalue weighted by atomic mass is 16.6. The van der Waals surface area contributed by atoms with Gasteiger partial charge >= 0.3 is 11.6 Å². The number of anilines is 1. The Labute approximate surface area is 158 Å². The Hall–Kier alpha value is -3.16. The molecule has 8 heteroatoms. The number of ether oxygens (including phenoxy) is 1. The monoisotopic (exact) mass is 372 g/mol. The van der Waals surface area contributed by atoms with Gasteiger partial charge in [0.2, 0.25) is 5.91 Å². The van der Waals surface area contributed by atoms with Crippen LogP contribution in [0.2, 0.25) is 0 Å². The predicted molar refractivity (Wildman–Crippen MR) is 103 cm³/mol. The molecule has 1 aromatic carbocycles. The van der Waals surface area contributed by atoms with Gasteiger partial charge in [0.05, 0.1) is 10.5 Å². The van der Waals surface area contributed by atoms with E-state index in [0.29, 0.717) is 29.2 Å². The second-order valence-electron chi connectivity index (χ2n) is 6.94. The van der Waals surface area contributed by atoms with Crippen LogP contribution in [0.1, 0.15) is 32.0 Å². The number of aromatic nitrogens is 1. The van der Waals surface area contributed by atoms with Crippen LogP contribution in [0, 0.1) is 24.0 Å². The fraction of sp³-hybridized carbons (Fsp3) is 0.368. The van der Waals surface area contributed by atoms with E-state index in [9.17, 15) is 14.9 Å². The number of amides is 1. The summed E-state index contributed by atoms with van der Waals surface area (Å²) in [4.78, 5) is 26.9. The van der Waals surface area contributed by atoms with Crippen LogP contribution in [0.25, 0.3) is 0 Å². The van der Waals surface area contributed by atoms with E-state index in [4.69, 9.17) is 4.74 Å². The number of carbonyl (C=O) groups excluding carboxylic acids is 1. The lowest BCUT2D eigenvalue weighted by molar-refractivity contribution is -0.385. The molecular formula is C19H24N4O4. The summed E-state index contributed by atoms with van der Waals surface area (Å²) in [5, 5.41) is 17.7. The Morgan fingerprint density at radius 3 is 2.44 bits per heavy atom. The van der Waals surface area contributed by atoms with Gasteiger partial charge < -0.3 is 15.4 Å². The number of pyridine rings is 1. The van der Waals surface area contributed by atoms with Gasteiger partial charge in [-0.2, -0.15) is 0 Å². The zero-order valence-corrected chi connectivity index (χ0v) is 16.1. The molecule has 0 radical (unpaired) electrons. The van der Waals surface area contributed by atoms with E-state index in [1.807, 2.05) is 19.9 Å². The molecule has 2 rings (SSSR count). The van der Waals surface area contributed by atoms with Crippen molar-refractivity contribution in [3.63, 3.8) is 0 Å². The first-order valence-electron chi connectivity index (χ1n) is 8.52. The lowest BCUT2D eigenvalue weighted by Gasteiger charge is -2.27. The molecule has 0 saturated heterocycles. The molecule has 0 spiro atoms. The first kappa shape index (κ1) is 20.2. The molecule has 2 aromatic rings. The smallest absolute Gasteiger partial charge is 0.354 e. The largest absolute Gasteiger partial charge is 0.434 e. The van der Waals surface area contributed by atoms with Crippen molar-refractivity contribution in [2.24, 2.45) is 0 Å². The Bertz CT molecular complexity index is 851. The molecule has 0 bridgehead atoms. The first-order chi connectivity index (χ1) is 12.6. The average molecular weight is 372 g/mol. The lowest BCUT2D eigenvalue weighted by Crippen LogP contribution is -2.47. The summed E-state index contributed by atoms with van der Waals surface area (Å²) in [6.07, 6.45) is 0. The van der Waals surface area contributed by atoms with Crippen molar-refractivity contribution in [1.82, 2.24) is 10.3 Å². The van der Waals surface area contributed by atoms with Crippen molar-refractivity contribution < 1.29 is 14.5 Å². The summed E-state index contributed by atoms with van der Waals surface area (Å²) in [5.74, 6) is 0.210. The molecule has 0 aliphatic carbocycles. The summed E-state index contributed by atoms with van der Waals surface area (Å²) >= 11 is 0. The Morgan fingerprint density at radius 2 is 1.89 bits per heavy atom. The highest BCUT2D eigenvalue weighted by molar-refractivity contribution is 5.74. The Balaban J connectivity index is 2.43. The molecule has 0 saturated carbocycles. The number of hydrogen-bond donors (Lipinski definition) is 2. The van der Waals surface area contributed by atoms with Crippen LogP contribution in [0.5, 0.6) is 11.6 Å². The number of nitrogens with zero attached hydrogens (tertiary/aromatic N) is 2. The molecule has 1 aromatic heterocycles. The van der Waals surface area contributed by atoms with Gasteiger partial charge in [-0.15, -0.1) is 0 Å². The van der Waals surface area contributed by atoms with Gasteiger partial charge in [0, 0.05) is 24.7 Å². The third-order valence-electron chi connectivity index (χ3n) is 3.99. The summed E-state index contributed by atoms with van der Waals surface area (Å²) in [6.45, 7) is 8.91. The number of aryl methyl sites for hydroxylation is 1. The highest BCUT2D eigenvalue weighted by Gasteiger charge is 2.29. The molecule has 1 heterocycles. The molecule has 0 atom stereocenters. The molecule has 0 unspecified atom stereocenters. The van der Waals surface area contributed by atoms with E-state index in [-0.39, 0.29) is 17.5 Å². The lowest BCUT2D eigenvalue weighted by atomic mass is 10.0. The van der Waals surface area contributed by atoms with E-state index in [1.54, 1.807) is 38.1 Å². The summed E-state index contributed by atoms with van der Waals surface area (Å²) in [7, 11) is 0. The molecule has 0 aliphatic heterocycles. The van der Waals surface area contributed by atoms with Gasteiger partial charge in [-0.25, -0.2) is 4.98 Å². The third kappa shape index (κ3) is 5.16. The van der Waals surface area contributed by atoms with Crippen LogP contribution in [0.4, 0.5) is 11.4 Å². The minimum atomic E-state index is -0.593. The zero-order chi connectivity index (χ0) is 20.2. The first-order valence-corrected chi connectivity index (χ1v) is 8.52. The SMILES string of the molecule is CC(=O)NC(C)(C)CNc1c(C)c(C)nc(Oc2ccccc2)c1[N+](=O)[O-]. The standard InChI is InChI=1S/C19H24N4O4/c1-12-13(2)21-18(27-15-9-7-6-8-10-15)17(23(25)26)16(12)20-11-19(4,5)22-14(3)24/h6-10H,11H2,1-5H3,(H,20,21)(H,22,24). The number of para-hydroxylation sites is 1. The Kier molecular flexibility index (Phi) is 5.99. The topological polar surface area (TPSA) is 106 Å². The normalized spacial score (nSPS) is 11.0. The molecule has 1 amide bonds. The summed E-state index contributed by atoms with van der Waals surface area (Å²) < 4.78 is 5.68. The van der Waals surface area contributed by atoms with Crippen molar-refractivity contribution in [3.05, 3.63) is 51.7 Å². The number of carbonyl (C=O) groups is 1. The number of hydrogen-bond acceptors (Lipinski definition) is 6. The molecule has 0 aliphatic rings. The Morgan fingerprint density at radius 1 is 1.26 bits per heavy atom. The van der Waals surface area contributed by atoms with Gasteiger partial charge in [0.15, 0.2) is 0 Å². The third-order valence-corrected chi connectivity index (χ3v) is 3.99. The van der Waals surface area contributed by atoms with Gasteiger partial charge in [-0.05, 0) is 39.8 Å². The van der Waals surface area contributed by atoms with Crippen LogP contribution in [-0.2, 0) is 4.79 Å². The van der Waals surface area contributed by atoms with Crippen LogP contribution in [0.3, 0.4) is 0 Å². The molecule has 144 valence electrons. The quantitative estimate of drug-likeness (QED) is 0.567. The minimum Gasteiger partial charge on any atom is -0.434 e. The van der Waals surface area contributed by atoms with Crippen molar-refractivity contribution >= 4 is 17.3 Å². The maximum Gasteiger partial charge on any atom is 0.354 e. The summed E-state index contributed by atoms with van der Waals surface area (Å²) in [6, 6.07) is 8.78. The maximum atomic E-state index is 11.8. The van der Waals surface area contributed by atoms with Crippen molar-refractivity contribution in [2.45, 2.75) is 40.2 Å². The fourth-order valence-electron chi connectivity index (χ4n) is 2.64. The van der Waals surface area contributed by atoms with Gasteiger partial charge in [0.1, 0.15) is 11.4 Å². The molecule has 0 fully saturated rings. The zero-order valence-electron chi connectivity index (χ0n) is 16.1. The van der Waals surface area contributed by atoms with Crippen molar-refractivity contribution in [3.8, 4) is 11.6 Å². The fourth-order valence-corrected chi connectivity index (χ4v) is 2.64. The number of benzene rings is 1. The van der Waals surface area contributed by atoms with Crippen LogP contribution in [0.15, 0.2) is 30.3 Å². The van der Waals surface area contributed by atoms with Gasteiger partial charge in [-0.1, -0.05) is 18.2 Å². The molecule has 2 N–H and O–H groups in total. The maximum absolute atomic E-state index is 11.8. The van der Waals surface area contributed by atoms with Crippen LogP contribution in [-0.4, -0.2) is 27.9 Å². The van der Waals surface area contributed by atoms with Crippen LogP contribution < -0.4 is 15.4 Å². The molecule has 27 heavy (non-hydrogen) atoms. The minimum absolute atomic E-state index is 0.0749. The molecular weight excluding hydrogens is 348 g/mol. The average Bonchev–Trinajstić information content (AvgIpc) is 2.56. The van der Waals surface area contributed by atoms with Crippen LogP contribution >= 0.6 is 0 Å². The highest BCUT2D eigenvalue weighted by Crippen LogP contribution is 2.39. The van der Waals surface area contributed by atoms with E-state index >= 15 is 0 Å². The van der Waals surface area contributed by atoms with Crippen molar-refractivity contribution in [1.29, 1.82) is 0 Å². The van der Waals surface area contributed by atoms with E-state index in [2.05, 4.69) is 15.6 Å². The number of rotatable bonds is 7. The van der Waals surface area contributed by atoms with Gasteiger partial charge in [0.25, 0.3) is 0 Å². The van der Waals surface area contributed by atoms with E-state index < -0.39 is 10.5 Å². The van der Waals surface area contributed by atoms with E-state index in [1.165, 1.54) is 6.92 Å². The van der Waals surface area contributed by atoms with Gasteiger partial charge in [-0.3, -0.25) is 14.9 Å². The predicted octanol–water partition coefficient (Wildman–Crippen LogP) is 3.73. The molecule has 8 nitrogen and oxygen atoms in total. The van der Waals surface area contributed by atoms with Crippen molar-refractivity contribution in [2.75, 3.05) is 11.9 Å². The second-order valence-corrected chi connectivity index (χ2v) is 6.94. The van der Waals surface area contributed by atoms with E-state index in [0.717, 1.165) is 0 Å². The number of nitro groups is 1. The summed E-state index contributed by atoms with van der Waals surface area (Å²) in [5.41, 5.74) is 0.772.